The zero-order valence-corrected chi connectivity index (χ0v) is 11.7. The molecular weight excluding hydrogens is 256 g/mol. The van der Waals surface area contributed by atoms with E-state index in [9.17, 15) is 9.59 Å². The van der Waals surface area contributed by atoms with Gasteiger partial charge in [-0.25, -0.2) is 4.79 Å². The minimum absolute atomic E-state index is 0.0857. The molecule has 0 spiro atoms. The highest BCUT2D eigenvalue weighted by Crippen LogP contribution is 2.19. The molecule has 1 saturated heterocycles. The monoisotopic (exact) mass is 276 g/mol. The van der Waals surface area contributed by atoms with Crippen LogP contribution in [-0.2, 0) is 4.79 Å². The number of anilines is 2. The number of rotatable bonds is 4. The predicted octanol–water partition coefficient (Wildman–Crippen LogP) is 1.14. The lowest BCUT2D eigenvalue weighted by atomic mass is 10.0. The van der Waals surface area contributed by atoms with Gasteiger partial charge < -0.3 is 16.4 Å². The first-order chi connectivity index (χ1) is 9.49. The molecule has 1 heterocycles. The normalized spacial score (nSPS) is 16.2. The average molecular weight is 276 g/mol. The number of carbonyl (C=O) groups excluding carboxylic acids is 2. The van der Waals surface area contributed by atoms with Crippen LogP contribution in [0, 0.1) is 5.92 Å². The summed E-state index contributed by atoms with van der Waals surface area (Å²) < 4.78 is 0. The maximum absolute atomic E-state index is 11.8. The number of nitrogens with two attached hydrogens (primary N) is 1. The summed E-state index contributed by atoms with van der Waals surface area (Å²) in [6.45, 7) is 5.11. The summed E-state index contributed by atoms with van der Waals surface area (Å²) in [5.74, 6) is -0.116. The summed E-state index contributed by atoms with van der Waals surface area (Å²) in [6.07, 6.45) is 0. The molecule has 0 saturated carbocycles. The van der Waals surface area contributed by atoms with E-state index in [1.54, 1.807) is 29.2 Å². The summed E-state index contributed by atoms with van der Waals surface area (Å²) in [5.41, 5.74) is 7.27. The minimum atomic E-state index is -0.529. The number of nitrogens with zero attached hydrogens (tertiary/aromatic N) is 1. The van der Waals surface area contributed by atoms with E-state index in [1.807, 2.05) is 13.8 Å². The number of nitrogens with one attached hydrogen (secondary N) is 2. The van der Waals surface area contributed by atoms with Gasteiger partial charge in [-0.2, -0.15) is 0 Å². The van der Waals surface area contributed by atoms with Crippen LogP contribution in [0.4, 0.5) is 16.2 Å². The zero-order chi connectivity index (χ0) is 14.7. The highest BCUT2D eigenvalue weighted by molar-refractivity contribution is 5.96. The largest absolute Gasteiger partial charge is 0.336 e. The first-order valence-electron chi connectivity index (χ1n) is 6.71. The van der Waals surface area contributed by atoms with Crippen LogP contribution in [0.15, 0.2) is 24.3 Å². The van der Waals surface area contributed by atoms with E-state index < -0.39 is 6.04 Å². The van der Waals surface area contributed by atoms with Gasteiger partial charge in [-0.1, -0.05) is 13.8 Å². The molecule has 1 fully saturated rings. The summed E-state index contributed by atoms with van der Waals surface area (Å²) in [7, 11) is 0. The summed E-state index contributed by atoms with van der Waals surface area (Å²) >= 11 is 0. The molecule has 2 rings (SSSR count). The number of benzene rings is 1. The fraction of sp³-hybridized carbons (Fsp3) is 0.429. The Morgan fingerprint density at radius 2 is 2.00 bits per heavy atom. The van der Waals surface area contributed by atoms with Crippen LogP contribution in [0.1, 0.15) is 13.8 Å². The van der Waals surface area contributed by atoms with Gasteiger partial charge in [-0.05, 0) is 30.2 Å². The zero-order valence-electron chi connectivity index (χ0n) is 11.7. The lowest BCUT2D eigenvalue weighted by molar-refractivity contribution is -0.118. The third-order valence-electron chi connectivity index (χ3n) is 3.32. The summed E-state index contributed by atoms with van der Waals surface area (Å²) in [4.78, 5) is 25.0. The van der Waals surface area contributed by atoms with E-state index in [-0.39, 0.29) is 17.9 Å². The van der Waals surface area contributed by atoms with Gasteiger partial charge >= 0.3 is 6.03 Å². The molecule has 1 unspecified atom stereocenters. The SMILES string of the molecule is CC(C)C(N)C(=O)Nc1ccc(N2CCNC2=O)cc1. The number of amides is 3. The third kappa shape index (κ3) is 3.08. The molecule has 1 aliphatic rings. The lowest BCUT2D eigenvalue weighted by Crippen LogP contribution is -2.39. The van der Waals surface area contributed by atoms with Gasteiger partial charge in [0.05, 0.1) is 6.04 Å². The molecule has 3 amide bonds. The number of hydrogen-bond donors (Lipinski definition) is 3. The van der Waals surface area contributed by atoms with E-state index in [2.05, 4.69) is 10.6 Å². The fourth-order valence-electron chi connectivity index (χ4n) is 1.97. The lowest BCUT2D eigenvalue weighted by Gasteiger charge is -2.17. The molecule has 1 atom stereocenters. The van der Waals surface area contributed by atoms with Crippen molar-refractivity contribution in [2.24, 2.45) is 11.7 Å². The van der Waals surface area contributed by atoms with Crippen molar-refractivity contribution in [1.29, 1.82) is 0 Å². The Morgan fingerprint density at radius 3 is 2.50 bits per heavy atom. The van der Waals surface area contributed by atoms with Gasteiger partial charge in [0.15, 0.2) is 0 Å². The summed E-state index contributed by atoms with van der Waals surface area (Å²) in [6, 6.07) is 6.53. The van der Waals surface area contributed by atoms with Crippen molar-refractivity contribution < 1.29 is 9.59 Å². The topological polar surface area (TPSA) is 87.5 Å². The van der Waals surface area contributed by atoms with Crippen LogP contribution in [0.5, 0.6) is 0 Å². The first-order valence-corrected chi connectivity index (χ1v) is 6.71. The van der Waals surface area contributed by atoms with Gasteiger partial charge in [-0.15, -0.1) is 0 Å². The van der Waals surface area contributed by atoms with E-state index in [0.29, 0.717) is 18.8 Å². The van der Waals surface area contributed by atoms with E-state index >= 15 is 0 Å². The van der Waals surface area contributed by atoms with Crippen LogP contribution < -0.4 is 21.3 Å². The van der Waals surface area contributed by atoms with Crippen molar-refractivity contribution >= 4 is 23.3 Å². The van der Waals surface area contributed by atoms with Gasteiger partial charge in [0.25, 0.3) is 0 Å². The second-order valence-electron chi connectivity index (χ2n) is 5.19. The second kappa shape index (κ2) is 5.92. The molecule has 0 aromatic heterocycles. The highest BCUT2D eigenvalue weighted by atomic mass is 16.2. The Morgan fingerprint density at radius 1 is 1.35 bits per heavy atom. The van der Waals surface area contributed by atoms with Crippen LogP contribution in [-0.4, -0.2) is 31.1 Å². The molecular formula is C14H20N4O2. The van der Waals surface area contributed by atoms with Crippen molar-refractivity contribution in [3.63, 3.8) is 0 Å². The molecule has 0 radical (unpaired) electrons. The van der Waals surface area contributed by atoms with Gasteiger partial charge in [0.2, 0.25) is 5.91 Å². The molecule has 1 aliphatic heterocycles. The quantitative estimate of drug-likeness (QED) is 0.770. The fourth-order valence-corrected chi connectivity index (χ4v) is 1.97. The summed E-state index contributed by atoms with van der Waals surface area (Å²) in [5, 5.41) is 5.51. The molecule has 6 heteroatoms. The van der Waals surface area contributed by atoms with Crippen LogP contribution in [0.25, 0.3) is 0 Å². The molecule has 1 aromatic carbocycles. The predicted molar refractivity (Wildman–Crippen MR) is 78.6 cm³/mol. The Labute approximate surface area is 118 Å². The molecule has 0 bridgehead atoms. The second-order valence-corrected chi connectivity index (χ2v) is 5.19. The Balaban J connectivity index is 2.01. The first kappa shape index (κ1) is 14.3. The van der Waals surface area contributed by atoms with Gasteiger partial charge in [0.1, 0.15) is 0 Å². The van der Waals surface area contributed by atoms with Crippen LogP contribution in [0.2, 0.25) is 0 Å². The maximum Gasteiger partial charge on any atom is 0.321 e. The Hall–Kier alpha value is -2.08. The van der Waals surface area contributed by atoms with Gasteiger partial charge in [-0.3, -0.25) is 9.69 Å². The Bertz CT molecular complexity index is 498. The van der Waals surface area contributed by atoms with E-state index in [0.717, 1.165) is 5.69 Å². The number of carbonyl (C=O) groups is 2. The van der Waals surface area contributed by atoms with Crippen molar-refractivity contribution in [2.75, 3.05) is 23.3 Å². The molecule has 4 N–H and O–H groups in total. The van der Waals surface area contributed by atoms with Crippen molar-refractivity contribution in [1.82, 2.24) is 5.32 Å². The highest BCUT2D eigenvalue weighted by Gasteiger charge is 2.21. The van der Waals surface area contributed by atoms with Crippen molar-refractivity contribution in [3.05, 3.63) is 24.3 Å². The number of hydrogen-bond acceptors (Lipinski definition) is 3. The minimum Gasteiger partial charge on any atom is -0.336 e. The maximum atomic E-state index is 11.8. The van der Waals surface area contributed by atoms with E-state index in [1.165, 1.54) is 0 Å². The third-order valence-corrected chi connectivity index (χ3v) is 3.32. The molecule has 0 aliphatic carbocycles. The van der Waals surface area contributed by atoms with Crippen LogP contribution in [0.3, 0.4) is 0 Å². The van der Waals surface area contributed by atoms with E-state index in [4.69, 9.17) is 5.73 Å². The molecule has 108 valence electrons. The molecule has 20 heavy (non-hydrogen) atoms. The average Bonchev–Trinajstić information content (AvgIpc) is 2.85. The smallest absolute Gasteiger partial charge is 0.321 e. The van der Waals surface area contributed by atoms with Crippen molar-refractivity contribution in [3.8, 4) is 0 Å². The molecule has 1 aromatic rings. The Kier molecular flexibility index (Phi) is 4.24. The standard InChI is InChI=1S/C14H20N4O2/c1-9(2)12(15)13(19)17-10-3-5-11(6-4-10)18-8-7-16-14(18)20/h3-6,9,12H,7-8,15H2,1-2H3,(H,16,20)(H,17,19). The molecule has 6 nitrogen and oxygen atoms in total. The van der Waals surface area contributed by atoms with Crippen molar-refractivity contribution in [2.45, 2.75) is 19.9 Å². The van der Waals surface area contributed by atoms with Gasteiger partial charge in [0, 0.05) is 24.5 Å². The number of urea groups is 1. The van der Waals surface area contributed by atoms with Crippen LogP contribution >= 0.6 is 0 Å².